The first-order valence-electron chi connectivity index (χ1n) is 13.2. The number of hydrogen-bond donors (Lipinski definition) is 1. The first kappa shape index (κ1) is 25.7. The Bertz CT molecular complexity index is 1460. The fourth-order valence-corrected chi connectivity index (χ4v) is 5.11. The highest BCUT2D eigenvalue weighted by atomic mass is 35.5. The Morgan fingerprint density at radius 1 is 1.05 bits per heavy atom. The van der Waals surface area contributed by atoms with Crippen LogP contribution in [0.5, 0.6) is 5.88 Å². The van der Waals surface area contributed by atoms with Crippen LogP contribution in [0.25, 0.3) is 11.2 Å². The van der Waals surface area contributed by atoms with Crippen LogP contribution in [0.1, 0.15) is 47.0 Å². The zero-order valence-corrected chi connectivity index (χ0v) is 22.1. The van der Waals surface area contributed by atoms with Gasteiger partial charge in [0.1, 0.15) is 23.3 Å². The number of nitrogens with zero attached hydrogens (tertiary/aromatic N) is 6. The molecule has 6 rings (SSSR count). The van der Waals surface area contributed by atoms with Crippen molar-refractivity contribution >= 4 is 28.7 Å². The highest BCUT2D eigenvalue weighted by Gasteiger charge is 2.26. The van der Waals surface area contributed by atoms with Gasteiger partial charge in [0.25, 0.3) is 0 Å². The van der Waals surface area contributed by atoms with Gasteiger partial charge in [0, 0.05) is 43.4 Å². The van der Waals surface area contributed by atoms with E-state index in [0.29, 0.717) is 47.4 Å². The number of carbonyl (C=O) groups is 1. The van der Waals surface area contributed by atoms with E-state index in [1.807, 2.05) is 28.8 Å². The normalized spacial score (nSPS) is 18.2. The molecule has 1 N–H and O–H groups in total. The largest absolute Gasteiger partial charge is 0.477 e. The molecule has 0 amide bonds. The zero-order valence-electron chi connectivity index (χ0n) is 21.4. The van der Waals surface area contributed by atoms with Gasteiger partial charge < -0.3 is 19.1 Å². The van der Waals surface area contributed by atoms with Crippen LogP contribution in [-0.2, 0) is 24.2 Å². The van der Waals surface area contributed by atoms with Crippen molar-refractivity contribution in [1.29, 1.82) is 0 Å². The average Bonchev–Trinajstić information content (AvgIpc) is 3.25. The first-order valence-corrected chi connectivity index (χ1v) is 13.5. The van der Waals surface area contributed by atoms with E-state index < -0.39 is 5.97 Å². The topological polar surface area (TPSA) is 115 Å². The molecule has 0 radical (unpaired) electrons. The van der Waals surface area contributed by atoms with Crippen molar-refractivity contribution < 1.29 is 19.4 Å². The molecule has 10 nitrogen and oxygen atoms in total. The Labute approximate surface area is 230 Å². The van der Waals surface area contributed by atoms with Crippen molar-refractivity contribution in [2.45, 2.75) is 51.0 Å². The minimum Gasteiger partial charge on any atom is -0.477 e. The van der Waals surface area contributed by atoms with Gasteiger partial charge in [0.2, 0.25) is 5.88 Å². The minimum atomic E-state index is -1.05. The van der Waals surface area contributed by atoms with E-state index in [2.05, 4.69) is 19.9 Å². The van der Waals surface area contributed by atoms with E-state index in [4.69, 9.17) is 26.1 Å². The number of pyridine rings is 1. The number of carboxylic acid groups (broad SMARTS) is 1. The van der Waals surface area contributed by atoms with Crippen LogP contribution < -0.4 is 4.74 Å². The molecule has 39 heavy (non-hydrogen) atoms. The molecule has 1 atom stereocenters. The summed E-state index contributed by atoms with van der Waals surface area (Å²) in [7, 11) is 0. The Morgan fingerprint density at radius 3 is 2.56 bits per heavy atom. The number of aromatic nitrogens is 5. The monoisotopic (exact) mass is 548 g/mol. The number of benzene rings is 1. The van der Waals surface area contributed by atoms with Crippen molar-refractivity contribution in [3.8, 4) is 5.88 Å². The average molecular weight is 549 g/mol. The number of imidazole rings is 1. The van der Waals surface area contributed by atoms with E-state index in [0.717, 1.165) is 50.3 Å². The molecule has 1 aromatic carbocycles. The van der Waals surface area contributed by atoms with Crippen molar-refractivity contribution in [3.05, 3.63) is 76.6 Å². The quantitative estimate of drug-likeness (QED) is 0.331. The predicted molar refractivity (Wildman–Crippen MR) is 144 cm³/mol. The van der Waals surface area contributed by atoms with Gasteiger partial charge in [-0.25, -0.2) is 19.7 Å². The summed E-state index contributed by atoms with van der Waals surface area (Å²) in [6, 6.07) is 12.7. The van der Waals surface area contributed by atoms with E-state index in [1.165, 1.54) is 6.07 Å². The van der Waals surface area contributed by atoms with Crippen molar-refractivity contribution in [2.24, 2.45) is 0 Å². The lowest BCUT2D eigenvalue weighted by atomic mass is 10.1. The van der Waals surface area contributed by atoms with Crippen LogP contribution in [0.15, 0.2) is 48.7 Å². The second-order valence-electron chi connectivity index (χ2n) is 9.97. The molecule has 1 unspecified atom stereocenters. The molecule has 2 aliphatic heterocycles. The van der Waals surface area contributed by atoms with E-state index in [-0.39, 0.29) is 17.9 Å². The summed E-state index contributed by atoms with van der Waals surface area (Å²) in [4.78, 5) is 32.0. The molecule has 202 valence electrons. The summed E-state index contributed by atoms with van der Waals surface area (Å²) < 4.78 is 13.9. The van der Waals surface area contributed by atoms with Gasteiger partial charge in [-0.3, -0.25) is 4.90 Å². The standard InChI is InChI=1S/C28H29ClN6O4/c29-19-3-1-18(2-4-19)15-24-30-11-7-26(33-24)39-20-8-12-34(13-9-20)17-25-31-22-5-6-23(28(36)37)32-27(22)35(25)16-21-10-14-38-21/h1-7,11,20-21H,8-10,12-17H2,(H,36,37). The molecule has 0 spiro atoms. The Morgan fingerprint density at radius 2 is 1.85 bits per heavy atom. The van der Waals surface area contributed by atoms with E-state index in [9.17, 15) is 9.90 Å². The van der Waals surface area contributed by atoms with Gasteiger partial charge in [-0.05, 0) is 49.1 Å². The number of piperidine rings is 1. The van der Waals surface area contributed by atoms with Crippen LogP contribution in [0, 0.1) is 0 Å². The second-order valence-corrected chi connectivity index (χ2v) is 10.4. The Kier molecular flexibility index (Phi) is 7.40. The zero-order chi connectivity index (χ0) is 26.8. The van der Waals surface area contributed by atoms with Gasteiger partial charge in [-0.1, -0.05) is 23.7 Å². The molecule has 11 heteroatoms. The third kappa shape index (κ3) is 6.03. The number of carboxylic acids is 1. The van der Waals surface area contributed by atoms with Crippen LogP contribution in [0.4, 0.5) is 0 Å². The maximum atomic E-state index is 11.5. The molecule has 2 aliphatic rings. The molecule has 2 saturated heterocycles. The fraction of sp³-hybridized carbons (Fsp3) is 0.393. The SMILES string of the molecule is O=C(O)c1ccc2nc(CN3CCC(Oc4ccnc(Cc5ccc(Cl)cc5)n4)CC3)n(CC3CCO3)c2n1. The van der Waals surface area contributed by atoms with Gasteiger partial charge in [0.15, 0.2) is 11.3 Å². The van der Waals surface area contributed by atoms with Gasteiger partial charge in [0.05, 0.1) is 19.2 Å². The molecular formula is C28H29ClN6O4. The van der Waals surface area contributed by atoms with E-state index >= 15 is 0 Å². The fourth-order valence-electron chi connectivity index (χ4n) is 4.98. The highest BCUT2D eigenvalue weighted by Crippen LogP contribution is 2.24. The second kappa shape index (κ2) is 11.3. The molecule has 0 bridgehead atoms. The van der Waals surface area contributed by atoms with Gasteiger partial charge in [-0.2, -0.15) is 4.98 Å². The maximum Gasteiger partial charge on any atom is 0.354 e. The Balaban J connectivity index is 1.09. The summed E-state index contributed by atoms with van der Waals surface area (Å²) in [5, 5.41) is 10.1. The third-order valence-corrected chi connectivity index (χ3v) is 7.46. The number of fused-ring (bicyclic) bond motifs is 1. The lowest BCUT2D eigenvalue weighted by molar-refractivity contribution is -0.0593. The van der Waals surface area contributed by atoms with Crippen LogP contribution in [0.2, 0.25) is 5.02 Å². The summed E-state index contributed by atoms with van der Waals surface area (Å²) in [6.07, 6.45) is 5.24. The minimum absolute atomic E-state index is 0.0173. The molecular weight excluding hydrogens is 520 g/mol. The summed E-state index contributed by atoms with van der Waals surface area (Å²) in [5.74, 6) is 1.13. The number of aromatic carboxylic acids is 1. The van der Waals surface area contributed by atoms with Gasteiger partial charge in [-0.15, -0.1) is 0 Å². The lowest BCUT2D eigenvalue weighted by Crippen LogP contribution is -2.39. The maximum absolute atomic E-state index is 11.5. The van der Waals surface area contributed by atoms with Crippen LogP contribution in [0.3, 0.4) is 0 Å². The Hall–Kier alpha value is -3.60. The van der Waals surface area contributed by atoms with Crippen LogP contribution in [-0.4, -0.2) is 72.4 Å². The predicted octanol–water partition coefficient (Wildman–Crippen LogP) is 4.00. The number of hydrogen-bond acceptors (Lipinski definition) is 8. The molecule has 0 aliphatic carbocycles. The third-order valence-electron chi connectivity index (χ3n) is 7.21. The number of ether oxygens (including phenoxy) is 2. The number of halogens is 1. The van der Waals surface area contributed by atoms with Crippen molar-refractivity contribution in [2.75, 3.05) is 19.7 Å². The first-order chi connectivity index (χ1) is 19.0. The van der Waals surface area contributed by atoms with Crippen molar-refractivity contribution in [3.63, 3.8) is 0 Å². The number of likely N-dealkylation sites (tertiary alicyclic amines) is 1. The summed E-state index contributed by atoms with van der Waals surface area (Å²) in [5.41, 5.74) is 2.40. The molecule has 3 aromatic heterocycles. The van der Waals surface area contributed by atoms with E-state index in [1.54, 1.807) is 18.3 Å². The molecule has 0 saturated carbocycles. The lowest BCUT2D eigenvalue weighted by Gasteiger charge is -2.32. The molecule has 5 heterocycles. The smallest absolute Gasteiger partial charge is 0.354 e. The summed E-state index contributed by atoms with van der Waals surface area (Å²) in [6.45, 7) is 3.72. The summed E-state index contributed by atoms with van der Waals surface area (Å²) >= 11 is 5.99. The molecule has 2 fully saturated rings. The molecule has 4 aromatic rings. The van der Waals surface area contributed by atoms with Gasteiger partial charge >= 0.3 is 5.97 Å². The van der Waals surface area contributed by atoms with Crippen LogP contribution >= 0.6 is 11.6 Å². The van der Waals surface area contributed by atoms with Crippen molar-refractivity contribution in [1.82, 2.24) is 29.4 Å². The number of rotatable bonds is 9. The highest BCUT2D eigenvalue weighted by molar-refractivity contribution is 6.30.